The molecule has 1 spiro atoms. The molecule has 5 aromatic rings. The number of carbonyl (C=O) groups is 3. The highest BCUT2D eigenvalue weighted by atomic mass is 32.1. The van der Waals surface area contributed by atoms with E-state index in [0.717, 1.165) is 55.7 Å². The van der Waals surface area contributed by atoms with Crippen molar-refractivity contribution in [1.29, 1.82) is 0 Å². The SMILES string of the molecule is O=C(CCCCCNC(=O)Oc1cccc2ccccc12)NCCCCCCNC(=S)Nc1ccc2c(c1)C(=O)OC21c2ccc(O)cc2Oc2cc(O)ccc21. The summed E-state index contributed by atoms with van der Waals surface area (Å²) in [7, 11) is 0. The van der Waals surface area contributed by atoms with Crippen molar-refractivity contribution in [2.45, 2.75) is 57.0 Å². The van der Waals surface area contributed by atoms with E-state index in [9.17, 15) is 24.6 Å². The van der Waals surface area contributed by atoms with Gasteiger partial charge in [0, 0.05) is 66.0 Å². The molecule has 6 N–H and O–H groups in total. The molecule has 7 rings (SSSR count). The molecule has 0 aliphatic carbocycles. The number of phenols is 2. The minimum atomic E-state index is -1.32. The van der Waals surface area contributed by atoms with Crippen LogP contribution in [0.1, 0.15) is 78.4 Å². The van der Waals surface area contributed by atoms with Crippen LogP contribution in [0.4, 0.5) is 10.5 Å². The van der Waals surface area contributed by atoms with E-state index in [0.29, 0.717) is 76.4 Å². The van der Waals surface area contributed by atoms with Crippen LogP contribution in [0.15, 0.2) is 97.1 Å². The highest BCUT2D eigenvalue weighted by Gasteiger charge is 2.53. The molecule has 5 aromatic carbocycles. The van der Waals surface area contributed by atoms with E-state index in [2.05, 4.69) is 21.3 Å². The number of benzene rings is 5. The molecule has 0 unspecified atom stereocenters. The highest BCUT2D eigenvalue weighted by molar-refractivity contribution is 7.80. The number of hydrogen-bond donors (Lipinski definition) is 6. The molecule has 0 fully saturated rings. The fourth-order valence-electron chi connectivity index (χ4n) is 7.28. The molecular formula is C44H44N4O8S. The smallest absolute Gasteiger partial charge is 0.412 e. The molecule has 2 heterocycles. The van der Waals surface area contributed by atoms with E-state index in [-0.39, 0.29) is 17.4 Å². The van der Waals surface area contributed by atoms with Crippen LogP contribution in [0, 0.1) is 0 Å². The lowest BCUT2D eigenvalue weighted by atomic mass is 9.77. The van der Waals surface area contributed by atoms with Crippen molar-refractivity contribution >= 4 is 51.8 Å². The Hall–Kier alpha value is -6.34. The van der Waals surface area contributed by atoms with Gasteiger partial charge in [-0.3, -0.25) is 4.79 Å². The fourth-order valence-corrected chi connectivity index (χ4v) is 7.50. The average Bonchev–Trinajstić information content (AvgIpc) is 3.48. The quantitative estimate of drug-likeness (QED) is 0.0344. The van der Waals surface area contributed by atoms with E-state index in [1.807, 2.05) is 48.5 Å². The number of phenolic OH excluding ortho intramolecular Hbond substituents is 2. The molecular weight excluding hydrogens is 745 g/mol. The van der Waals surface area contributed by atoms with Crippen molar-refractivity contribution in [1.82, 2.24) is 16.0 Å². The molecule has 13 heteroatoms. The molecule has 0 atom stereocenters. The van der Waals surface area contributed by atoms with Crippen molar-refractivity contribution in [3.05, 3.63) is 119 Å². The fraction of sp³-hybridized carbons (Fsp3) is 0.273. The number of aromatic hydroxyl groups is 2. The Bertz CT molecular complexity index is 2260. The molecule has 0 bridgehead atoms. The van der Waals surface area contributed by atoms with Gasteiger partial charge >= 0.3 is 12.1 Å². The summed E-state index contributed by atoms with van der Waals surface area (Å²) in [5, 5.41) is 34.7. The van der Waals surface area contributed by atoms with E-state index >= 15 is 0 Å². The molecule has 2 aliphatic heterocycles. The average molecular weight is 789 g/mol. The Morgan fingerprint density at radius 2 is 1.32 bits per heavy atom. The number of esters is 1. The maximum atomic E-state index is 13.4. The summed E-state index contributed by atoms with van der Waals surface area (Å²) in [4.78, 5) is 37.9. The third-order valence-electron chi connectivity index (χ3n) is 10.0. The first kappa shape index (κ1) is 38.9. The predicted molar refractivity (Wildman–Crippen MR) is 220 cm³/mol. The zero-order valence-corrected chi connectivity index (χ0v) is 32.1. The summed E-state index contributed by atoms with van der Waals surface area (Å²) in [6.07, 6.45) is 6.01. The van der Waals surface area contributed by atoms with Gasteiger partial charge < -0.3 is 45.7 Å². The normalized spacial score (nSPS) is 13.1. The van der Waals surface area contributed by atoms with Crippen LogP contribution < -0.4 is 30.7 Å². The van der Waals surface area contributed by atoms with Gasteiger partial charge in [-0.2, -0.15) is 0 Å². The molecule has 2 amide bonds. The Balaban J connectivity index is 0.764. The van der Waals surface area contributed by atoms with E-state index in [4.69, 9.17) is 26.4 Å². The van der Waals surface area contributed by atoms with Gasteiger partial charge in [-0.05, 0) is 85.8 Å². The van der Waals surface area contributed by atoms with Crippen molar-refractivity contribution in [3.8, 4) is 28.7 Å². The van der Waals surface area contributed by atoms with E-state index in [1.165, 1.54) is 24.3 Å². The topological polar surface area (TPSA) is 167 Å². The maximum absolute atomic E-state index is 13.4. The van der Waals surface area contributed by atoms with Gasteiger partial charge in [-0.25, -0.2) is 9.59 Å². The van der Waals surface area contributed by atoms with Crippen LogP contribution in [0.5, 0.6) is 28.7 Å². The summed E-state index contributed by atoms with van der Waals surface area (Å²) in [6, 6.07) is 28.0. The Kier molecular flexibility index (Phi) is 12.0. The van der Waals surface area contributed by atoms with Gasteiger partial charge in [0.05, 0.1) is 5.56 Å². The van der Waals surface area contributed by atoms with Gasteiger partial charge in [-0.1, -0.05) is 61.7 Å². The van der Waals surface area contributed by atoms with Crippen LogP contribution in [0.3, 0.4) is 0 Å². The van der Waals surface area contributed by atoms with Crippen LogP contribution in [0.25, 0.3) is 10.8 Å². The van der Waals surface area contributed by atoms with Crippen LogP contribution in [0.2, 0.25) is 0 Å². The summed E-state index contributed by atoms with van der Waals surface area (Å²) in [6.45, 7) is 1.78. The number of rotatable bonds is 15. The molecule has 0 saturated heterocycles. The number of ether oxygens (including phenoxy) is 3. The Labute approximate surface area is 335 Å². The number of amides is 2. The molecule has 57 heavy (non-hydrogen) atoms. The van der Waals surface area contributed by atoms with Gasteiger partial charge in [0.2, 0.25) is 5.91 Å². The van der Waals surface area contributed by atoms with Crippen LogP contribution >= 0.6 is 12.2 Å². The number of fused-ring (bicyclic) bond motifs is 7. The minimum Gasteiger partial charge on any atom is -0.508 e. The number of carbonyl (C=O) groups excluding carboxylic acids is 3. The van der Waals surface area contributed by atoms with Crippen LogP contribution in [-0.4, -0.2) is 52.9 Å². The van der Waals surface area contributed by atoms with E-state index in [1.54, 1.807) is 24.3 Å². The van der Waals surface area contributed by atoms with Gasteiger partial charge in [0.25, 0.3) is 0 Å². The first-order valence-corrected chi connectivity index (χ1v) is 19.6. The molecule has 0 aromatic heterocycles. The monoisotopic (exact) mass is 788 g/mol. The minimum absolute atomic E-state index is 0.00796. The van der Waals surface area contributed by atoms with Gasteiger partial charge in [-0.15, -0.1) is 0 Å². The number of hydrogen-bond acceptors (Lipinski definition) is 9. The second-order valence-electron chi connectivity index (χ2n) is 14.0. The zero-order chi connectivity index (χ0) is 39.8. The second-order valence-corrected chi connectivity index (χ2v) is 14.5. The van der Waals surface area contributed by atoms with Gasteiger partial charge in [0.1, 0.15) is 28.7 Å². The molecule has 12 nitrogen and oxygen atoms in total. The first-order chi connectivity index (χ1) is 27.7. The summed E-state index contributed by atoms with van der Waals surface area (Å²) in [5.41, 5.74) is 1.38. The maximum Gasteiger partial charge on any atom is 0.412 e. The summed E-state index contributed by atoms with van der Waals surface area (Å²) in [5.74, 6) is 0.660. The largest absolute Gasteiger partial charge is 0.508 e. The lowest BCUT2D eigenvalue weighted by Gasteiger charge is -2.36. The van der Waals surface area contributed by atoms with Crippen molar-refractivity contribution in [2.24, 2.45) is 0 Å². The summed E-state index contributed by atoms with van der Waals surface area (Å²) >= 11 is 5.52. The number of anilines is 1. The molecule has 2 aliphatic rings. The van der Waals surface area contributed by atoms with Gasteiger partial charge in [0.15, 0.2) is 10.7 Å². The molecule has 0 saturated carbocycles. The Morgan fingerprint density at radius 3 is 2.05 bits per heavy atom. The summed E-state index contributed by atoms with van der Waals surface area (Å²) < 4.78 is 17.6. The molecule has 294 valence electrons. The van der Waals surface area contributed by atoms with E-state index < -0.39 is 17.7 Å². The second kappa shape index (κ2) is 17.6. The van der Waals surface area contributed by atoms with Crippen molar-refractivity contribution in [3.63, 3.8) is 0 Å². The first-order valence-electron chi connectivity index (χ1n) is 19.2. The number of thiocarbonyl (C=S) groups is 1. The standard InChI is InChI=1S/C44H44N4O8S/c49-30-17-20-35-38(26-30)54-39-27-31(50)18-21-36(39)44(35)34-19-16-29(25-33(34)41(52)56-44)48-42(57)46-23-8-2-1-7-22-45-40(51)15-4-3-9-24-47-43(53)55-37-14-10-12-28-11-5-6-13-32(28)37/h5-6,10-14,16-21,25-27,49-50H,1-4,7-9,15,22-24H2,(H,45,51)(H,47,53)(H2,46,48,57). The molecule has 0 radical (unpaired) electrons. The number of unbranched alkanes of at least 4 members (excludes halogenated alkanes) is 5. The predicted octanol–water partition coefficient (Wildman–Crippen LogP) is 8.13. The third-order valence-corrected chi connectivity index (χ3v) is 10.3. The number of nitrogens with one attached hydrogen (secondary N) is 4. The third kappa shape index (κ3) is 8.89. The zero-order valence-electron chi connectivity index (χ0n) is 31.3. The lowest BCUT2D eigenvalue weighted by Crippen LogP contribution is -2.33. The van der Waals surface area contributed by atoms with Crippen molar-refractivity contribution < 1.29 is 38.8 Å². The van der Waals surface area contributed by atoms with Crippen LogP contribution in [-0.2, 0) is 15.1 Å². The Morgan fingerprint density at radius 1 is 0.684 bits per heavy atom. The highest BCUT2D eigenvalue weighted by Crippen LogP contribution is 2.57. The lowest BCUT2D eigenvalue weighted by molar-refractivity contribution is -0.121. The van der Waals surface area contributed by atoms with Crippen molar-refractivity contribution in [2.75, 3.05) is 25.0 Å².